The number of hydrogen-bond donors (Lipinski definition) is 1. The van der Waals surface area contributed by atoms with Crippen molar-refractivity contribution in [2.45, 2.75) is 51.2 Å². The third-order valence-electron chi connectivity index (χ3n) is 4.22. The van der Waals surface area contributed by atoms with Crippen molar-refractivity contribution in [3.63, 3.8) is 0 Å². The van der Waals surface area contributed by atoms with E-state index in [0.29, 0.717) is 25.8 Å². The Bertz CT molecular complexity index is 612. The Morgan fingerprint density at radius 2 is 2.12 bits per heavy atom. The van der Waals surface area contributed by atoms with Gasteiger partial charge in [-0.15, -0.1) is 0 Å². The minimum absolute atomic E-state index is 0.132. The smallest absolute Gasteiger partial charge is 0.422 e. The van der Waals surface area contributed by atoms with Crippen LogP contribution in [0.1, 0.15) is 44.6 Å². The zero-order chi connectivity index (χ0) is 17.4. The van der Waals surface area contributed by atoms with E-state index in [1.54, 1.807) is 0 Å². The summed E-state index contributed by atoms with van der Waals surface area (Å²) in [6.07, 6.45) is 2.45. The van der Waals surface area contributed by atoms with Gasteiger partial charge in [0.25, 0.3) is 0 Å². The van der Waals surface area contributed by atoms with Gasteiger partial charge in [0.1, 0.15) is 6.61 Å². The van der Waals surface area contributed by atoms with Crippen LogP contribution in [0.3, 0.4) is 0 Å². The quantitative estimate of drug-likeness (QED) is 0.831. The minimum Gasteiger partial charge on any atom is -0.444 e. The summed E-state index contributed by atoms with van der Waals surface area (Å²) in [4.78, 5) is 24.5. The summed E-state index contributed by atoms with van der Waals surface area (Å²) in [5.74, 6) is -0.132. The first-order valence-electron chi connectivity index (χ1n) is 8.32. The highest BCUT2D eigenvalue weighted by Gasteiger charge is 2.48. The molecule has 0 aromatic heterocycles. The van der Waals surface area contributed by atoms with E-state index in [0.717, 1.165) is 18.4 Å². The number of benzene rings is 1. The van der Waals surface area contributed by atoms with E-state index in [4.69, 9.17) is 4.74 Å². The third-order valence-corrected chi connectivity index (χ3v) is 4.22. The maximum Gasteiger partial charge on any atom is 0.422 e. The molecule has 6 heteroatoms. The Hall–Kier alpha value is -2.39. The number of hydrazine groups is 1. The molecular formula is C18H23N3O3. The van der Waals surface area contributed by atoms with Crippen LogP contribution in [0.5, 0.6) is 0 Å². The molecule has 0 aliphatic carbocycles. The van der Waals surface area contributed by atoms with Gasteiger partial charge in [-0.2, -0.15) is 10.3 Å². The molecule has 0 spiro atoms. The maximum absolute atomic E-state index is 12.5. The lowest BCUT2D eigenvalue weighted by atomic mass is 9.90. The molecule has 1 aromatic carbocycles. The van der Waals surface area contributed by atoms with E-state index >= 15 is 0 Å². The number of Topliss-reactive ketones (excluding diaryl/α,β-unsaturated/α-hetero) is 1. The number of carbonyl (C=O) groups is 2. The molecule has 1 atom stereocenters. The van der Waals surface area contributed by atoms with Gasteiger partial charge in [0, 0.05) is 13.0 Å². The molecule has 0 bridgehead atoms. The normalized spacial score (nSPS) is 20.3. The fraction of sp³-hybridized carbons (Fsp3) is 0.500. The van der Waals surface area contributed by atoms with Crippen molar-refractivity contribution in [3.05, 3.63) is 35.9 Å². The van der Waals surface area contributed by atoms with Crippen LogP contribution in [0.2, 0.25) is 0 Å². The van der Waals surface area contributed by atoms with Crippen molar-refractivity contribution >= 4 is 11.9 Å². The molecule has 1 unspecified atom stereocenters. The molecular weight excluding hydrogens is 306 g/mol. The number of rotatable bonds is 7. The summed E-state index contributed by atoms with van der Waals surface area (Å²) in [7, 11) is 0. The Kier molecular flexibility index (Phi) is 6.33. The molecule has 1 aromatic rings. The van der Waals surface area contributed by atoms with Gasteiger partial charge in [-0.3, -0.25) is 10.2 Å². The number of amides is 1. The lowest BCUT2D eigenvalue weighted by Gasteiger charge is -2.30. The highest BCUT2D eigenvalue weighted by Crippen LogP contribution is 2.29. The molecule has 1 amide bonds. The van der Waals surface area contributed by atoms with Crippen LogP contribution in [-0.2, 0) is 16.1 Å². The van der Waals surface area contributed by atoms with Crippen molar-refractivity contribution in [2.75, 3.05) is 6.54 Å². The van der Waals surface area contributed by atoms with E-state index in [1.165, 1.54) is 5.01 Å². The molecule has 128 valence electrons. The highest BCUT2D eigenvalue weighted by molar-refractivity contribution is 5.92. The lowest BCUT2D eigenvalue weighted by molar-refractivity contribution is -0.127. The van der Waals surface area contributed by atoms with Gasteiger partial charge in [0.05, 0.1) is 6.07 Å². The predicted molar refractivity (Wildman–Crippen MR) is 88.6 cm³/mol. The maximum atomic E-state index is 12.5. The van der Waals surface area contributed by atoms with E-state index in [1.807, 2.05) is 37.3 Å². The van der Waals surface area contributed by atoms with Gasteiger partial charge in [-0.25, -0.2) is 4.79 Å². The Morgan fingerprint density at radius 1 is 1.38 bits per heavy atom. The summed E-state index contributed by atoms with van der Waals surface area (Å²) in [6, 6.07) is 11.5. The topological polar surface area (TPSA) is 82.4 Å². The van der Waals surface area contributed by atoms with E-state index < -0.39 is 11.6 Å². The van der Waals surface area contributed by atoms with Gasteiger partial charge >= 0.3 is 6.09 Å². The molecule has 1 fully saturated rings. The molecule has 0 radical (unpaired) electrons. The van der Waals surface area contributed by atoms with E-state index in [-0.39, 0.29) is 12.4 Å². The van der Waals surface area contributed by atoms with Crippen molar-refractivity contribution in [2.24, 2.45) is 0 Å². The zero-order valence-corrected chi connectivity index (χ0v) is 14.0. The number of ether oxygens (including phenoxy) is 1. The van der Waals surface area contributed by atoms with Crippen LogP contribution in [-0.4, -0.2) is 29.0 Å². The molecule has 24 heavy (non-hydrogen) atoms. The van der Waals surface area contributed by atoms with E-state index in [2.05, 4.69) is 11.5 Å². The largest absolute Gasteiger partial charge is 0.444 e. The second kappa shape index (κ2) is 8.46. The zero-order valence-electron chi connectivity index (χ0n) is 14.0. The fourth-order valence-corrected chi connectivity index (χ4v) is 2.85. The summed E-state index contributed by atoms with van der Waals surface area (Å²) < 4.78 is 5.18. The second-order valence-corrected chi connectivity index (χ2v) is 5.93. The number of carbonyl (C=O) groups excluding carboxylic acids is 2. The number of nitrogens with zero attached hydrogens (tertiary/aromatic N) is 2. The van der Waals surface area contributed by atoms with Crippen LogP contribution in [0.4, 0.5) is 4.79 Å². The average Bonchev–Trinajstić information content (AvgIpc) is 3.02. The van der Waals surface area contributed by atoms with Crippen molar-refractivity contribution < 1.29 is 14.3 Å². The second-order valence-electron chi connectivity index (χ2n) is 5.93. The monoisotopic (exact) mass is 329 g/mol. The van der Waals surface area contributed by atoms with Gasteiger partial charge in [0.2, 0.25) is 0 Å². The highest BCUT2D eigenvalue weighted by atomic mass is 16.6. The number of nitriles is 1. The Balaban J connectivity index is 1.95. The van der Waals surface area contributed by atoms with Crippen LogP contribution in [0, 0.1) is 11.3 Å². The molecule has 0 saturated carbocycles. The average molecular weight is 329 g/mol. The molecule has 1 heterocycles. The number of ketones is 1. The number of hydrogen-bond acceptors (Lipinski definition) is 5. The molecule has 1 N–H and O–H groups in total. The fourth-order valence-electron chi connectivity index (χ4n) is 2.85. The van der Waals surface area contributed by atoms with Gasteiger partial charge in [0.15, 0.2) is 11.3 Å². The Labute approximate surface area is 142 Å². The SMILES string of the molecule is CCCCC(=O)C1(C#N)CCCN1NC(=O)OCc1ccccc1. The van der Waals surface area contributed by atoms with Crippen molar-refractivity contribution in [1.29, 1.82) is 5.26 Å². The summed E-state index contributed by atoms with van der Waals surface area (Å²) in [5.41, 5.74) is 2.19. The molecule has 1 saturated heterocycles. The third kappa shape index (κ3) is 4.12. The Morgan fingerprint density at radius 3 is 2.79 bits per heavy atom. The molecule has 1 aliphatic heterocycles. The van der Waals surface area contributed by atoms with Crippen LogP contribution < -0.4 is 5.43 Å². The molecule has 2 rings (SSSR count). The number of nitrogens with one attached hydrogen (secondary N) is 1. The van der Waals surface area contributed by atoms with Gasteiger partial charge in [-0.1, -0.05) is 43.7 Å². The minimum atomic E-state index is -1.26. The van der Waals surface area contributed by atoms with Gasteiger partial charge < -0.3 is 4.74 Å². The molecule has 1 aliphatic rings. The predicted octanol–water partition coefficient (Wildman–Crippen LogP) is 2.95. The standard InChI is InChI=1S/C18H23N3O3/c1-2-3-10-16(22)18(14-19)11-7-12-21(18)20-17(23)24-13-15-8-5-4-6-9-15/h4-6,8-9H,2-3,7,10-13H2,1H3,(H,20,23). The summed E-state index contributed by atoms with van der Waals surface area (Å²) in [6.45, 7) is 2.60. The first kappa shape index (κ1) is 18.0. The lowest BCUT2D eigenvalue weighted by Crippen LogP contribution is -2.57. The molecule has 6 nitrogen and oxygen atoms in total. The van der Waals surface area contributed by atoms with Crippen molar-refractivity contribution in [3.8, 4) is 6.07 Å². The van der Waals surface area contributed by atoms with E-state index in [9.17, 15) is 14.9 Å². The first-order chi connectivity index (χ1) is 11.6. The summed E-state index contributed by atoms with van der Waals surface area (Å²) >= 11 is 0. The summed E-state index contributed by atoms with van der Waals surface area (Å²) in [5, 5.41) is 11.0. The number of unbranched alkanes of at least 4 members (excludes halogenated alkanes) is 1. The van der Waals surface area contributed by atoms with Crippen molar-refractivity contribution in [1.82, 2.24) is 10.4 Å². The van der Waals surface area contributed by atoms with Crippen LogP contribution >= 0.6 is 0 Å². The van der Waals surface area contributed by atoms with Crippen LogP contribution in [0.15, 0.2) is 30.3 Å². The van der Waals surface area contributed by atoms with Crippen LogP contribution in [0.25, 0.3) is 0 Å². The van der Waals surface area contributed by atoms with Gasteiger partial charge in [-0.05, 0) is 24.8 Å². The first-order valence-corrected chi connectivity index (χ1v) is 8.32.